The van der Waals surface area contributed by atoms with E-state index in [0.717, 1.165) is 25.8 Å². The third kappa shape index (κ3) is 4.07. The molecule has 1 aliphatic carbocycles. The summed E-state index contributed by atoms with van der Waals surface area (Å²) in [6, 6.07) is 10.7. The number of carbonyl (C=O) groups excluding carboxylic acids is 1. The van der Waals surface area contributed by atoms with Crippen molar-refractivity contribution in [1.29, 1.82) is 0 Å². The molecule has 1 fully saturated rings. The van der Waals surface area contributed by atoms with Crippen LogP contribution in [0.15, 0.2) is 30.3 Å². The van der Waals surface area contributed by atoms with Crippen molar-refractivity contribution in [2.24, 2.45) is 17.6 Å². The van der Waals surface area contributed by atoms with Crippen LogP contribution >= 0.6 is 0 Å². The minimum atomic E-state index is -0.0284. The number of nitrogens with two attached hydrogens (primary N) is 1. The SMILES string of the molecule is CC(C)CC(CN)C(=O)N(Cc1ccccc1)C1CC1. The fourth-order valence-corrected chi connectivity index (χ4v) is 2.65. The number of carbonyl (C=O) groups is 1. The number of amides is 1. The Hall–Kier alpha value is -1.35. The van der Waals surface area contributed by atoms with Gasteiger partial charge < -0.3 is 10.6 Å². The van der Waals surface area contributed by atoms with Gasteiger partial charge in [-0.15, -0.1) is 0 Å². The van der Waals surface area contributed by atoms with Gasteiger partial charge in [0.1, 0.15) is 0 Å². The Morgan fingerprint density at radius 3 is 2.45 bits per heavy atom. The van der Waals surface area contributed by atoms with Gasteiger partial charge in [-0.1, -0.05) is 44.2 Å². The molecule has 0 heterocycles. The van der Waals surface area contributed by atoms with Crippen LogP contribution in [0.4, 0.5) is 0 Å². The van der Waals surface area contributed by atoms with Crippen molar-refractivity contribution in [2.75, 3.05) is 6.54 Å². The number of hydrogen-bond donors (Lipinski definition) is 1. The van der Waals surface area contributed by atoms with Crippen LogP contribution in [0, 0.1) is 11.8 Å². The van der Waals surface area contributed by atoms with Gasteiger partial charge in [0.2, 0.25) is 5.91 Å². The zero-order valence-electron chi connectivity index (χ0n) is 12.6. The topological polar surface area (TPSA) is 46.3 Å². The molecule has 20 heavy (non-hydrogen) atoms. The van der Waals surface area contributed by atoms with E-state index in [9.17, 15) is 4.79 Å². The predicted molar refractivity (Wildman–Crippen MR) is 82.0 cm³/mol. The van der Waals surface area contributed by atoms with E-state index in [1.54, 1.807) is 0 Å². The third-order valence-corrected chi connectivity index (χ3v) is 3.86. The Morgan fingerprint density at radius 1 is 1.30 bits per heavy atom. The van der Waals surface area contributed by atoms with Crippen LogP contribution in [0.5, 0.6) is 0 Å². The fourth-order valence-electron chi connectivity index (χ4n) is 2.65. The molecule has 0 bridgehead atoms. The molecule has 3 nitrogen and oxygen atoms in total. The number of benzene rings is 1. The smallest absolute Gasteiger partial charge is 0.227 e. The van der Waals surface area contributed by atoms with Crippen LogP contribution in [0.25, 0.3) is 0 Å². The molecule has 0 aromatic heterocycles. The van der Waals surface area contributed by atoms with Crippen LogP contribution in [0.2, 0.25) is 0 Å². The Labute approximate surface area is 122 Å². The summed E-state index contributed by atoms with van der Waals surface area (Å²) in [6.45, 7) is 5.47. The molecule has 0 saturated heterocycles. The summed E-state index contributed by atoms with van der Waals surface area (Å²) < 4.78 is 0. The lowest BCUT2D eigenvalue weighted by atomic mass is 9.95. The Kier molecular flexibility index (Phi) is 5.18. The number of hydrogen-bond acceptors (Lipinski definition) is 2. The lowest BCUT2D eigenvalue weighted by molar-refractivity contribution is -0.137. The normalized spacial score (nSPS) is 16.2. The summed E-state index contributed by atoms with van der Waals surface area (Å²) in [7, 11) is 0. The van der Waals surface area contributed by atoms with Crippen LogP contribution in [0.3, 0.4) is 0 Å². The molecule has 0 aliphatic heterocycles. The van der Waals surface area contributed by atoms with E-state index in [1.165, 1.54) is 5.56 Å². The van der Waals surface area contributed by atoms with Crippen molar-refractivity contribution >= 4 is 5.91 Å². The molecule has 1 saturated carbocycles. The first-order valence-electron chi connectivity index (χ1n) is 7.66. The van der Waals surface area contributed by atoms with Gasteiger partial charge in [-0.05, 0) is 30.7 Å². The monoisotopic (exact) mass is 274 g/mol. The highest BCUT2D eigenvalue weighted by Crippen LogP contribution is 2.30. The van der Waals surface area contributed by atoms with Gasteiger partial charge in [0.05, 0.1) is 5.92 Å². The first-order chi connectivity index (χ1) is 9.61. The molecular weight excluding hydrogens is 248 g/mol. The number of rotatable bonds is 7. The minimum absolute atomic E-state index is 0.0284. The first kappa shape index (κ1) is 15.0. The summed E-state index contributed by atoms with van der Waals surface area (Å²) in [5.41, 5.74) is 7.03. The molecule has 1 aromatic carbocycles. The molecule has 1 amide bonds. The van der Waals surface area contributed by atoms with Crippen molar-refractivity contribution in [3.8, 4) is 0 Å². The van der Waals surface area contributed by atoms with Gasteiger partial charge in [0, 0.05) is 19.1 Å². The maximum atomic E-state index is 12.7. The van der Waals surface area contributed by atoms with Gasteiger partial charge in [0.25, 0.3) is 0 Å². The predicted octanol–water partition coefficient (Wildman–Crippen LogP) is 2.80. The zero-order valence-corrected chi connectivity index (χ0v) is 12.6. The Bertz CT molecular complexity index is 426. The molecule has 2 rings (SSSR count). The molecule has 0 radical (unpaired) electrons. The zero-order chi connectivity index (χ0) is 14.5. The van der Waals surface area contributed by atoms with E-state index >= 15 is 0 Å². The second-order valence-corrected chi connectivity index (χ2v) is 6.25. The van der Waals surface area contributed by atoms with Crippen molar-refractivity contribution in [2.45, 2.75) is 45.7 Å². The number of nitrogens with zero attached hydrogens (tertiary/aromatic N) is 1. The average Bonchev–Trinajstić information content (AvgIpc) is 3.27. The van der Waals surface area contributed by atoms with Crippen LogP contribution in [-0.4, -0.2) is 23.4 Å². The molecule has 0 spiro atoms. The van der Waals surface area contributed by atoms with E-state index in [1.807, 2.05) is 18.2 Å². The molecule has 1 atom stereocenters. The van der Waals surface area contributed by atoms with Gasteiger partial charge >= 0.3 is 0 Å². The van der Waals surface area contributed by atoms with Gasteiger partial charge in [-0.2, -0.15) is 0 Å². The maximum Gasteiger partial charge on any atom is 0.227 e. The molecule has 3 heteroatoms. The standard InChI is InChI=1S/C17H26N2O/c1-13(2)10-15(11-18)17(20)19(16-8-9-16)12-14-6-4-3-5-7-14/h3-7,13,15-16H,8-12,18H2,1-2H3. The van der Waals surface area contributed by atoms with E-state index < -0.39 is 0 Å². The summed E-state index contributed by atoms with van der Waals surface area (Å²) >= 11 is 0. The molecular formula is C17H26N2O. The van der Waals surface area contributed by atoms with E-state index in [4.69, 9.17) is 5.73 Å². The van der Waals surface area contributed by atoms with E-state index in [0.29, 0.717) is 18.5 Å². The average molecular weight is 274 g/mol. The lowest BCUT2D eigenvalue weighted by Crippen LogP contribution is -2.40. The summed E-state index contributed by atoms with van der Waals surface area (Å²) in [5.74, 6) is 0.720. The van der Waals surface area contributed by atoms with Crippen LogP contribution < -0.4 is 5.73 Å². The van der Waals surface area contributed by atoms with Crippen LogP contribution in [-0.2, 0) is 11.3 Å². The van der Waals surface area contributed by atoms with Crippen molar-refractivity contribution in [3.05, 3.63) is 35.9 Å². The second kappa shape index (κ2) is 6.89. The summed E-state index contributed by atoms with van der Waals surface area (Å²) in [5, 5.41) is 0. The lowest BCUT2D eigenvalue weighted by Gasteiger charge is -2.28. The highest BCUT2D eigenvalue weighted by molar-refractivity contribution is 5.79. The van der Waals surface area contributed by atoms with Crippen molar-refractivity contribution < 1.29 is 4.79 Å². The Balaban J connectivity index is 2.05. The fraction of sp³-hybridized carbons (Fsp3) is 0.588. The maximum absolute atomic E-state index is 12.7. The van der Waals surface area contributed by atoms with Gasteiger partial charge in [0.15, 0.2) is 0 Å². The molecule has 1 aromatic rings. The second-order valence-electron chi connectivity index (χ2n) is 6.25. The molecule has 1 aliphatic rings. The van der Waals surface area contributed by atoms with E-state index in [-0.39, 0.29) is 11.8 Å². The molecule has 2 N–H and O–H groups in total. The van der Waals surface area contributed by atoms with Gasteiger partial charge in [-0.3, -0.25) is 4.79 Å². The minimum Gasteiger partial charge on any atom is -0.335 e. The summed E-state index contributed by atoms with van der Waals surface area (Å²) in [4.78, 5) is 14.8. The highest BCUT2D eigenvalue weighted by atomic mass is 16.2. The first-order valence-corrected chi connectivity index (χ1v) is 7.66. The largest absolute Gasteiger partial charge is 0.335 e. The molecule has 110 valence electrons. The summed E-state index contributed by atoms with van der Waals surface area (Å²) in [6.07, 6.45) is 3.16. The quantitative estimate of drug-likeness (QED) is 0.831. The van der Waals surface area contributed by atoms with Gasteiger partial charge in [-0.25, -0.2) is 0 Å². The van der Waals surface area contributed by atoms with E-state index in [2.05, 4.69) is 30.9 Å². The van der Waals surface area contributed by atoms with Crippen LogP contribution in [0.1, 0.15) is 38.7 Å². The van der Waals surface area contributed by atoms with Crippen molar-refractivity contribution in [3.63, 3.8) is 0 Å². The van der Waals surface area contributed by atoms with Crippen molar-refractivity contribution in [1.82, 2.24) is 4.90 Å². The molecule has 1 unspecified atom stereocenters. The highest BCUT2D eigenvalue weighted by Gasteiger charge is 2.35. The third-order valence-electron chi connectivity index (χ3n) is 3.86. The Morgan fingerprint density at radius 2 is 1.95 bits per heavy atom.